The third-order valence-electron chi connectivity index (χ3n) is 3.41. The Balaban J connectivity index is 1.56. The van der Waals surface area contributed by atoms with Crippen LogP contribution in [0.3, 0.4) is 0 Å². The Kier molecular flexibility index (Phi) is 4.94. The van der Waals surface area contributed by atoms with Crippen LogP contribution in [0.4, 0.5) is 0 Å². The van der Waals surface area contributed by atoms with Crippen molar-refractivity contribution in [1.29, 1.82) is 0 Å². The van der Waals surface area contributed by atoms with E-state index in [9.17, 15) is 14.4 Å². The minimum Gasteiger partial charge on any atom is -0.479 e. The van der Waals surface area contributed by atoms with Crippen molar-refractivity contribution in [3.63, 3.8) is 0 Å². The second kappa shape index (κ2) is 6.69. The molecule has 1 saturated carbocycles. The molecule has 1 aliphatic heterocycles. The van der Waals surface area contributed by atoms with Crippen molar-refractivity contribution in [2.75, 3.05) is 6.54 Å². The molecule has 2 amide bonds. The van der Waals surface area contributed by atoms with E-state index >= 15 is 0 Å². The predicted octanol–water partition coefficient (Wildman–Crippen LogP) is -0.206. The lowest BCUT2D eigenvalue weighted by Gasteiger charge is -2.11. The SMILES string of the molecule is O=C(CCCNC(=O)C1CCC(C(=O)O)O1)NC1CC1. The molecule has 0 aromatic heterocycles. The fraction of sp³-hybridized carbons (Fsp3) is 0.769. The summed E-state index contributed by atoms with van der Waals surface area (Å²) >= 11 is 0. The van der Waals surface area contributed by atoms with Crippen LogP contribution in [0.2, 0.25) is 0 Å². The van der Waals surface area contributed by atoms with Crippen molar-refractivity contribution >= 4 is 17.8 Å². The summed E-state index contributed by atoms with van der Waals surface area (Å²) < 4.78 is 5.13. The molecule has 0 radical (unpaired) electrons. The van der Waals surface area contributed by atoms with Gasteiger partial charge in [0.1, 0.15) is 6.10 Å². The number of carboxylic acid groups (broad SMARTS) is 1. The second-order valence-electron chi connectivity index (χ2n) is 5.27. The largest absolute Gasteiger partial charge is 0.479 e. The number of hydrogen-bond donors (Lipinski definition) is 3. The number of carbonyl (C=O) groups excluding carboxylic acids is 2. The molecular formula is C13H20N2O5. The molecule has 2 unspecified atom stereocenters. The standard InChI is InChI=1S/C13H20N2O5/c16-11(15-8-3-4-8)2-1-7-14-12(17)9-5-6-10(20-9)13(18)19/h8-10H,1-7H2,(H,14,17)(H,15,16)(H,18,19). The summed E-state index contributed by atoms with van der Waals surface area (Å²) in [5.41, 5.74) is 0. The van der Waals surface area contributed by atoms with Gasteiger partial charge in [-0.2, -0.15) is 0 Å². The van der Waals surface area contributed by atoms with Crippen molar-refractivity contribution in [2.45, 2.75) is 56.8 Å². The number of carboxylic acids is 1. The van der Waals surface area contributed by atoms with Crippen molar-refractivity contribution in [3.05, 3.63) is 0 Å². The Morgan fingerprint density at radius 2 is 1.80 bits per heavy atom. The molecule has 3 N–H and O–H groups in total. The highest BCUT2D eigenvalue weighted by atomic mass is 16.5. The van der Waals surface area contributed by atoms with E-state index in [1.165, 1.54) is 0 Å². The molecular weight excluding hydrogens is 264 g/mol. The van der Waals surface area contributed by atoms with Gasteiger partial charge in [-0.15, -0.1) is 0 Å². The van der Waals surface area contributed by atoms with Gasteiger partial charge in [-0.1, -0.05) is 0 Å². The van der Waals surface area contributed by atoms with Crippen LogP contribution in [-0.4, -0.2) is 47.7 Å². The lowest BCUT2D eigenvalue weighted by atomic mass is 10.2. The summed E-state index contributed by atoms with van der Waals surface area (Å²) in [5.74, 6) is -1.31. The van der Waals surface area contributed by atoms with E-state index in [0.29, 0.717) is 38.3 Å². The smallest absolute Gasteiger partial charge is 0.332 e. The number of carbonyl (C=O) groups is 3. The lowest BCUT2D eigenvalue weighted by Crippen LogP contribution is -2.36. The summed E-state index contributed by atoms with van der Waals surface area (Å²) in [7, 11) is 0. The highest BCUT2D eigenvalue weighted by molar-refractivity contribution is 5.82. The highest BCUT2D eigenvalue weighted by Crippen LogP contribution is 2.20. The van der Waals surface area contributed by atoms with E-state index in [0.717, 1.165) is 12.8 Å². The first-order valence-corrected chi connectivity index (χ1v) is 7.01. The number of nitrogens with one attached hydrogen (secondary N) is 2. The van der Waals surface area contributed by atoms with Gasteiger partial charge in [0.15, 0.2) is 6.10 Å². The minimum atomic E-state index is -1.03. The first-order valence-electron chi connectivity index (χ1n) is 7.01. The van der Waals surface area contributed by atoms with Crippen molar-refractivity contribution in [1.82, 2.24) is 10.6 Å². The topological polar surface area (TPSA) is 105 Å². The summed E-state index contributed by atoms with van der Waals surface area (Å²) in [6.07, 6.45) is 2.30. The van der Waals surface area contributed by atoms with Gasteiger partial charge in [-0.05, 0) is 32.1 Å². The van der Waals surface area contributed by atoms with Gasteiger partial charge < -0.3 is 20.5 Å². The zero-order valence-electron chi connectivity index (χ0n) is 11.3. The first kappa shape index (κ1) is 14.8. The lowest BCUT2D eigenvalue weighted by molar-refractivity contribution is -0.151. The van der Waals surface area contributed by atoms with E-state index in [-0.39, 0.29) is 11.8 Å². The maximum Gasteiger partial charge on any atom is 0.332 e. The van der Waals surface area contributed by atoms with E-state index in [2.05, 4.69) is 10.6 Å². The number of aliphatic carboxylic acids is 1. The molecule has 7 heteroatoms. The number of amides is 2. The maximum absolute atomic E-state index is 11.7. The van der Waals surface area contributed by atoms with E-state index in [1.54, 1.807) is 0 Å². The molecule has 2 aliphatic rings. The van der Waals surface area contributed by atoms with Crippen LogP contribution in [0.15, 0.2) is 0 Å². The Bertz CT molecular complexity index is 394. The highest BCUT2D eigenvalue weighted by Gasteiger charge is 2.34. The molecule has 0 bridgehead atoms. The van der Waals surface area contributed by atoms with Gasteiger partial charge in [-0.25, -0.2) is 4.79 Å². The molecule has 0 aromatic carbocycles. The Morgan fingerprint density at radius 1 is 1.10 bits per heavy atom. The van der Waals surface area contributed by atoms with Crippen molar-refractivity contribution in [2.24, 2.45) is 0 Å². The molecule has 1 aliphatic carbocycles. The second-order valence-corrected chi connectivity index (χ2v) is 5.27. The van der Waals surface area contributed by atoms with Gasteiger partial charge in [-0.3, -0.25) is 9.59 Å². The fourth-order valence-corrected chi connectivity index (χ4v) is 2.11. The van der Waals surface area contributed by atoms with Crippen LogP contribution in [0, 0.1) is 0 Å². The molecule has 0 spiro atoms. The van der Waals surface area contributed by atoms with Gasteiger partial charge in [0.2, 0.25) is 11.8 Å². The number of ether oxygens (including phenoxy) is 1. The van der Waals surface area contributed by atoms with Crippen molar-refractivity contribution in [3.8, 4) is 0 Å². The fourth-order valence-electron chi connectivity index (χ4n) is 2.11. The summed E-state index contributed by atoms with van der Waals surface area (Å²) in [5, 5.41) is 14.3. The molecule has 7 nitrogen and oxygen atoms in total. The molecule has 1 saturated heterocycles. The third kappa shape index (κ3) is 4.48. The monoisotopic (exact) mass is 284 g/mol. The van der Waals surface area contributed by atoms with Gasteiger partial charge in [0.05, 0.1) is 0 Å². The van der Waals surface area contributed by atoms with E-state index in [1.807, 2.05) is 0 Å². The number of rotatable bonds is 7. The Hall–Kier alpha value is -1.63. The summed E-state index contributed by atoms with van der Waals surface area (Å²) in [4.78, 5) is 33.8. The average Bonchev–Trinajstić information content (AvgIpc) is 3.07. The van der Waals surface area contributed by atoms with Gasteiger partial charge in [0, 0.05) is 19.0 Å². The quantitative estimate of drug-likeness (QED) is 0.561. The van der Waals surface area contributed by atoms with Crippen LogP contribution in [-0.2, 0) is 19.1 Å². The Morgan fingerprint density at radius 3 is 2.40 bits per heavy atom. The van der Waals surface area contributed by atoms with Gasteiger partial charge >= 0.3 is 5.97 Å². The molecule has 2 atom stereocenters. The first-order chi connectivity index (χ1) is 9.56. The number of hydrogen-bond acceptors (Lipinski definition) is 4. The zero-order valence-corrected chi connectivity index (χ0v) is 11.3. The molecule has 1 heterocycles. The molecule has 20 heavy (non-hydrogen) atoms. The van der Waals surface area contributed by atoms with Crippen LogP contribution < -0.4 is 10.6 Å². The van der Waals surface area contributed by atoms with Crippen LogP contribution >= 0.6 is 0 Å². The van der Waals surface area contributed by atoms with E-state index < -0.39 is 18.2 Å². The summed E-state index contributed by atoms with van der Waals surface area (Å²) in [6, 6.07) is 0.358. The third-order valence-corrected chi connectivity index (χ3v) is 3.41. The average molecular weight is 284 g/mol. The van der Waals surface area contributed by atoms with Gasteiger partial charge in [0.25, 0.3) is 0 Å². The van der Waals surface area contributed by atoms with Crippen LogP contribution in [0.25, 0.3) is 0 Å². The van der Waals surface area contributed by atoms with Crippen LogP contribution in [0.1, 0.15) is 38.5 Å². The molecule has 112 valence electrons. The van der Waals surface area contributed by atoms with Crippen LogP contribution in [0.5, 0.6) is 0 Å². The molecule has 2 rings (SSSR count). The van der Waals surface area contributed by atoms with Crippen molar-refractivity contribution < 1.29 is 24.2 Å². The molecule has 0 aromatic rings. The zero-order chi connectivity index (χ0) is 14.5. The minimum absolute atomic E-state index is 0.0183. The predicted molar refractivity (Wildman–Crippen MR) is 68.9 cm³/mol. The molecule has 2 fully saturated rings. The normalized spacial score (nSPS) is 25.2. The Labute approximate surface area is 117 Å². The summed E-state index contributed by atoms with van der Waals surface area (Å²) in [6.45, 7) is 0.397. The van der Waals surface area contributed by atoms with E-state index in [4.69, 9.17) is 9.84 Å². The maximum atomic E-state index is 11.7.